The number of allylic oxidation sites excluding steroid dienone is 1. The molecular formula is C24H21ClN4O4S. The fourth-order valence-corrected chi connectivity index (χ4v) is 5.47. The third kappa shape index (κ3) is 4.42. The van der Waals surface area contributed by atoms with Gasteiger partial charge >= 0.3 is 0 Å². The van der Waals surface area contributed by atoms with Crippen molar-refractivity contribution in [3.63, 3.8) is 0 Å². The van der Waals surface area contributed by atoms with Crippen molar-refractivity contribution in [3.8, 4) is 0 Å². The number of nitrogens with zero attached hydrogens (tertiary/aromatic N) is 3. The van der Waals surface area contributed by atoms with E-state index in [1.807, 2.05) is 12.3 Å². The van der Waals surface area contributed by atoms with Crippen LogP contribution in [0.1, 0.15) is 22.3 Å². The molecule has 0 bridgehead atoms. The minimum Gasteiger partial charge on any atom is -0.362 e. The molecule has 1 atom stereocenters. The van der Waals surface area contributed by atoms with Crippen LogP contribution in [0.4, 0.5) is 11.4 Å². The number of benzene rings is 2. The Morgan fingerprint density at radius 2 is 2.00 bits per heavy atom. The Morgan fingerprint density at radius 1 is 1.18 bits per heavy atom. The van der Waals surface area contributed by atoms with E-state index in [2.05, 4.69) is 21.4 Å². The molecule has 0 radical (unpaired) electrons. The van der Waals surface area contributed by atoms with E-state index in [1.54, 1.807) is 48.7 Å². The minimum absolute atomic E-state index is 0.0793. The zero-order chi connectivity index (χ0) is 23.7. The van der Waals surface area contributed by atoms with Crippen LogP contribution in [-0.4, -0.2) is 51.4 Å². The average molecular weight is 497 g/mol. The SMILES string of the molecule is O=C(Nc1ccc(Cl)c(C2=NC=CC3N=CCC=C23)c1)c1ccc(N2CCOCS2(=O)=O)cc1. The summed E-state index contributed by atoms with van der Waals surface area (Å²) in [6.07, 6.45) is 8.33. The highest BCUT2D eigenvalue weighted by Crippen LogP contribution is 2.29. The summed E-state index contributed by atoms with van der Waals surface area (Å²) in [6.45, 7) is 0.564. The van der Waals surface area contributed by atoms with Gasteiger partial charge in [-0.1, -0.05) is 17.7 Å². The number of aliphatic imine (C=N–C) groups is 2. The standard InChI is InChI=1S/C24H21ClN4O4S/c25-21-8-5-17(14-20(21)23-19-2-1-10-26-22(19)9-11-27-23)28-24(30)16-3-6-18(7-4-16)29-12-13-33-15-34(29,31)32/h2-11,14,22H,1,12-13,15H2,(H,28,30). The average Bonchev–Trinajstić information content (AvgIpc) is 2.85. The van der Waals surface area contributed by atoms with Gasteiger partial charge in [0.15, 0.2) is 5.94 Å². The zero-order valence-corrected chi connectivity index (χ0v) is 19.6. The number of hydrogen-bond donors (Lipinski definition) is 1. The summed E-state index contributed by atoms with van der Waals surface area (Å²) in [6, 6.07) is 11.6. The van der Waals surface area contributed by atoms with Gasteiger partial charge in [0.05, 0.1) is 35.6 Å². The topological polar surface area (TPSA) is 100 Å². The first kappa shape index (κ1) is 22.5. The van der Waals surface area contributed by atoms with Gasteiger partial charge in [-0.15, -0.1) is 0 Å². The molecule has 0 aliphatic carbocycles. The number of carbonyl (C=O) groups is 1. The highest BCUT2D eigenvalue weighted by molar-refractivity contribution is 7.92. The molecule has 1 amide bonds. The van der Waals surface area contributed by atoms with Crippen LogP contribution in [0, 0.1) is 0 Å². The number of fused-ring (bicyclic) bond motifs is 1. The molecule has 2 aromatic carbocycles. The molecule has 0 spiro atoms. The van der Waals surface area contributed by atoms with Crippen molar-refractivity contribution in [1.29, 1.82) is 0 Å². The third-order valence-corrected chi connectivity index (χ3v) is 7.54. The monoisotopic (exact) mass is 496 g/mol. The van der Waals surface area contributed by atoms with Crippen LogP contribution in [0.5, 0.6) is 0 Å². The summed E-state index contributed by atoms with van der Waals surface area (Å²) in [5, 5.41) is 3.41. The highest BCUT2D eigenvalue weighted by Gasteiger charge is 2.27. The van der Waals surface area contributed by atoms with Gasteiger partial charge in [0.25, 0.3) is 15.9 Å². The van der Waals surface area contributed by atoms with Crippen LogP contribution in [0.15, 0.2) is 76.4 Å². The van der Waals surface area contributed by atoms with Gasteiger partial charge in [-0.05, 0) is 48.5 Å². The molecule has 1 unspecified atom stereocenters. The molecule has 3 heterocycles. The number of rotatable bonds is 4. The number of halogens is 1. The third-order valence-electron chi connectivity index (χ3n) is 5.68. The van der Waals surface area contributed by atoms with Crippen LogP contribution in [0.3, 0.4) is 0 Å². The molecule has 34 heavy (non-hydrogen) atoms. The van der Waals surface area contributed by atoms with E-state index in [0.717, 1.165) is 17.7 Å². The summed E-state index contributed by atoms with van der Waals surface area (Å²) in [5.74, 6) is -0.673. The number of nitrogens with one attached hydrogen (secondary N) is 1. The number of sulfonamides is 1. The summed E-state index contributed by atoms with van der Waals surface area (Å²) in [7, 11) is -3.52. The molecule has 1 saturated heterocycles. The predicted molar refractivity (Wildman–Crippen MR) is 134 cm³/mol. The molecule has 8 nitrogen and oxygen atoms in total. The normalized spacial score (nSPS) is 20.9. The lowest BCUT2D eigenvalue weighted by atomic mass is 9.92. The Kier molecular flexibility index (Phi) is 6.07. The van der Waals surface area contributed by atoms with E-state index in [4.69, 9.17) is 16.3 Å². The van der Waals surface area contributed by atoms with Crippen molar-refractivity contribution in [2.24, 2.45) is 9.98 Å². The van der Waals surface area contributed by atoms with Crippen molar-refractivity contribution in [3.05, 3.63) is 82.5 Å². The van der Waals surface area contributed by atoms with Gasteiger partial charge in [-0.2, -0.15) is 0 Å². The summed E-state index contributed by atoms with van der Waals surface area (Å²) >= 11 is 6.48. The van der Waals surface area contributed by atoms with Gasteiger partial charge < -0.3 is 10.1 Å². The first-order valence-corrected chi connectivity index (χ1v) is 12.7. The second-order valence-electron chi connectivity index (χ2n) is 7.90. The van der Waals surface area contributed by atoms with E-state index in [9.17, 15) is 13.2 Å². The molecule has 0 saturated carbocycles. The first-order valence-electron chi connectivity index (χ1n) is 10.7. The lowest BCUT2D eigenvalue weighted by Crippen LogP contribution is -2.41. The van der Waals surface area contributed by atoms with Crippen LogP contribution in [0.25, 0.3) is 0 Å². The van der Waals surface area contributed by atoms with Crippen LogP contribution < -0.4 is 9.62 Å². The predicted octanol–water partition coefficient (Wildman–Crippen LogP) is 3.80. The van der Waals surface area contributed by atoms with Crippen molar-refractivity contribution in [2.75, 3.05) is 28.7 Å². The Hall–Kier alpha value is -3.27. The van der Waals surface area contributed by atoms with E-state index in [1.165, 1.54) is 4.31 Å². The van der Waals surface area contributed by atoms with Crippen molar-refractivity contribution < 1.29 is 17.9 Å². The second kappa shape index (κ2) is 9.17. The van der Waals surface area contributed by atoms with E-state index in [-0.39, 0.29) is 24.4 Å². The number of hydrogen-bond acceptors (Lipinski definition) is 6. The largest absolute Gasteiger partial charge is 0.362 e. The van der Waals surface area contributed by atoms with E-state index < -0.39 is 10.0 Å². The molecule has 3 aliphatic rings. The first-order chi connectivity index (χ1) is 16.4. The number of carbonyl (C=O) groups excluding carboxylic acids is 1. The maximum Gasteiger partial charge on any atom is 0.259 e. The van der Waals surface area contributed by atoms with Gasteiger partial charge in [0.2, 0.25) is 0 Å². The molecule has 5 rings (SSSR count). The van der Waals surface area contributed by atoms with Gasteiger partial charge in [0, 0.05) is 41.2 Å². The Bertz CT molecular complexity index is 1360. The molecule has 10 heteroatoms. The van der Waals surface area contributed by atoms with Crippen molar-refractivity contribution in [1.82, 2.24) is 0 Å². The summed E-state index contributed by atoms with van der Waals surface area (Å²) < 4.78 is 30.7. The molecule has 2 aromatic rings. The molecule has 1 fully saturated rings. The van der Waals surface area contributed by atoms with Gasteiger partial charge in [-0.3, -0.25) is 19.1 Å². The van der Waals surface area contributed by atoms with Crippen molar-refractivity contribution in [2.45, 2.75) is 12.5 Å². The zero-order valence-electron chi connectivity index (χ0n) is 18.0. The minimum atomic E-state index is -3.52. The smallest absolute Gasteiger partial charge is 0.259 e. The summed E-state index contributed by atoms with van der Waals surface area (Å²) in [4.78, 5) is 21.9. The fourth-order valence-electron chi connectivity index (χ4n) is 4.01. The van der Waals surface area contributed by atoms with Gasteiger partial charge in [-0.25, -0.2) is 8.42 Å². The van der Waals surface area contributed by atoms with E-state index in [0.29, 0.717) is 34.1 Å². The Morgan fingerprint density at radius 3 is 2.79 bits per heavy atom. The molecule has 3 aliphatic heterocycles. The van der Waals surface area contributed by atoms with Crippen molar-refractivity contribution >= 4 is 50.8 Å². The number of ether oxygens (including phenoxy) is 1. The quantitative estimate of drug-likeness (QED) is 0.695. The molecule has 0 aromatic heterocycles. The number of anilines is 2. The lowest BCUT2D eigenvalue weighted by molar-refractivity contribution is 0.102. The lowest BCUT2D eigenvalue weighted by Gasteiger charge is -2.28. The summed E-state index contributed by atoms with van der Waals surface area (Å²) in [5.41, 5.74) is 3.90. The van der Waals surface area contributed by atoms with Crippen LogP contribution in [-0.2, 0) is 14.8 Å². The molecular weight excluding hydrogens is 476 g/mol. The number of dihydropyridines is 1. The van der Waals surface area contributed by atoms with Gasteiger partial charge in [0.1, 0.15) is 0 Å². The second-order valence-corrected chi connectivity index (χ2v) is 10.1. The van der Waals surface area contributed by atoms with Crippen LogP contribution in [0.2, 0.25) is 5.02 Å². The molecule has 174 valence electrons. The maximum atomic E-state index is 12.9. The highest BCUT2D eigenvalue weighted by atomic mass is 35.5. The Balaban J connectivity index is 1.35. The maximum absolute atomic E-state index is 12.9. The fraction of sp³-hybridized carbons (Fsp3) is 0.208. The van der Waals surface area contributed by atoms with E-state index >= 15 is 0 Å². The number of amides is 1. The Labute approximate surface area is 202 Å². The van der Waals surface area contributed by atoms with Crippen LogP contribution >= 0.6 is 11.6 Å². The molecule has 1 N–H and O–H groups in total.